The highest BCUT2D eigenvalue weighted by atomic mass is 16.6. The van der Waals surface area contributed by atoms with Crippen LogP contribution in [0, 0.1) is 0 Å². The van der Waals surface area contributed by atoms with Gasteiger partial charge in [-0.3, -0.25) is 10.6 Å². The molecule has 3 aromatic rings. The predicted octanol–water partition coefficient (Wildman–Crippen LogP) is 4.55. The molecule has 172 valence electrons. The van der Waals surface area contributed by atoms with E-state index < -0.39 is 6.09 Å². The maximum atomic E-state index is 12.1. The number of carbonyl (C=O) groups is 1. The summed E-state index contributed by atoms with van der Waals surface area (Å²) < 4.78 is 16.3. The minimum absolute atomic E-state index is 0.227. The molecule has 2 heterocycles. The highest BCUT2D eigenvalue weighted by molar-refractivity contribution is 5.85. The van der Waals surface area contributed by atoms with Crippen molar-refractivity contribution < 1.29 is 19.0 Å². The summed E-state index contributed by atoms with van der Waals surface area (Å²) in [6.45, 7) is 0.869. The number of nitrogens with one attached hydrogen (secondary N) is 3. The van der Waals surface area contributed by atoms with E-state index in [0.717, 1.165) is 37.1 Å². The molecule has 0 radical (unpaired) electrons. The summed E-state index contributed by atoms with van der Waals surface area (Å²) in [5.41, 5.74) is 2.95. The summed E-state index contributed by atoms with van der Waals surface area (Å²) in [6.07, 6.45) is 3.79. The fourth-order valence-corrected chi connectivity index (χ4v) is 3.64. The maximum absolute atomic E-state index is 12.1. The molecule has 1 amide bonds. The van der Waals surface area contributed by atoms with Gasteiger partial charge < -0.3 is 19.5 Å². The number of para-hydroxylation sites is 1. The third-order valence-corrected chi connectivity index (χ3v) is 5.26. The highest BCUT2D eigenvalue weighted by Gasteiger charge is 2.17. The van der Waals surface area contributed by atoms with E-state index in [2.05, 4.69) is 25.9 Å². The van der Waals surface area contributed by atoms with Crippen LogP contribution in [0.3, 0.4) is 0 Å². The van der Waals surface area contributed by atoms with Crippen molar-refractivity contribution in [2.75, 3.05) is 31.4 Å². The Kier molecular flexibility index (Phi) is 7.21. The Morgan fingerprint density at radius 2 is 1.85 bits per heavy atom. The van der Waals surface area contributed by atoms with Crippen LogP contribution in [0.4, 0.5) is 22.0 Å². The number of hydrogen-bond acceptors (Lipinski definition) is 8. The number of rotatable bonds is 7. The number of methoxy groups -OCH3 is 2. The van der Waals surface area contributed by atoms with Gasteiger partial charge in [0.1, 0.15) is 12.1 Å². The second-order valence-electron chi connectivity index (χ2n) is 7.50. The molecule has 0 spiro atoms. The van der Waals surface area contributed by atoms with Crippen molar-refractivity contribution in [1.29, 1.82) is 0 Å². The fraction of sp³-hybridized carbons (Fsp3) is 0.292. The van der Waals surface area contributed by atoms with Crippen LogP contribution in [-0.2, 0) is 4.74 Å². The van der Waals surface area contributed by atoms with Gasteiger partial charge in [-0.1, -0.05) is 6.07 Å². The summed E-state index contributed by atoms with van der Waals surface area (Å²) in [5.74, 6) is 1.85. The van der Waals surface area contributed by atoms with Crippen molar-refractivity contribution in [3.63, 3.8) is 0 Å². The molecule has 1 fully saturated rings. The van der Waals surface area contributed by atoms with Crippen molar-refractivity contribution in [1.82, 2.24) is 15.3 Å². The Morgan fingerprint density at radius 1 is 1.03 bits per heavy atom. The number of anilines is 3. The Bertz CT molecular complexity index is 1080. The van der Waals surface area contributed by atoms with Gasteiger partial charge >= 0.3 is 6.09 Å². The lowest BCUT2D eigenvalue weighted by Gasteiger charge is -2.23. The van der Waals surface area contributed by atoms with E-state index in [0.29, 0.717) is 28.7 Å². The maximum Gasteiger partial charge on any atom is 0.413 e. The molecule has 33 heavy (non-hydrogen) atoms. The average molecular weight is 450 g/mol. The molecule has 0 bridgehead atoms. The standard InChI is InChI=1S/C24H27N5O4/c1-31-20-7-5-6-18(23(20)32-2)19-14-21(27-15-26-19)28-16-9-11-17(12-10-16)29-24(30)33-22-8-3-4-13-25-22/h5-7,9-12,14-15,22,25H,3-4,8,13H2,1-2H3,(H,29,30)(H,26,27,28)/t22-/m0/s1. The summed E-state index contributed by atoms with van der Waals surface area (Å²) in [6, 6.07) is 14.8. The molecule has 0 unspecified atom stereocenters. The van der Waals surface area contributed by atoms with Crippen LogP contribution in [0.5, 0.6) is 11.5 Å². The zero-order valence-electron chi connectivity index (χ0n) is 18.6. The molecule has 1 aliphatic heterocycles. The molecule has 3 N–H and O–H groups in total. The number of benzene rings is 2. The summed E-state index contributed by atoms with van der Waals surface area (Å²) in [4.78, 5) is 20.8. The molecule has 9 heteroatoms. The zero-order valence-corrected chi connectivity index (χ0v) is 18.6. The van der Waals surface area contributed by atoms with Crippen LogP contribution in [0.15, 0.2) is 54.9 Å². The molecule has 9 nitrogen and oxygen atoms in total. The molecule has 0 saturated carbocycles. The molecule has 1 aliphatic rings. The lowest BCUT2D eigenvalue weighted by Crippen LogP contribution is -2.38. The van der Waals surface area contributed by atoms with Gasteiger partial charge in [0, 0.05) is 23.0 Å². The Labute approximate surface area is 192 Å². The summed E-state index contributed by atoms with van der Waals surface area (Å²) >= 11 is 0. The van der Waals surface area contributed by atoms with Gasteiger partial charge in [0.05, 0.1) is 19.9 Å². The van der Waals surface area contributed by atoms with E-state index in [9.17, 15) is 4.79 Å². The summed E-state index contributed by atoms with van der Waals surface area (Å²) in [5, 5.41) is 9.19. The number of hydrogen-bond donors (Lipinski definition) is 3. The van der Waals surface area contributed by atoms with Gasteiger partial charge in [-0.25, -0.2) is 14.8 Å². The molecular formula is C24H27N5O4. The second-order valence-corrected chi connectivity index (χ2v) is 7.50. The van der Waals surface area contributed by atoms with Gasteiger partial charge in [0.25, 0.3) is 0 Å². The van der Waals surface area contributed by atoms with Crippen LogP contribution in [0.1, 0.15) is 19.3 Å². The number of carbonyl (C=O) groups excluding carboxylic acids is 1. The first-order valence-corrected chi connectivity index (χ1v) is 10.8. The van der Waals surface area contributed by atoms with E-state index >= 15 is 0 Å². The first-order valence-electron chi connectivity index (χ1n) is 10.8. The summed E-state index contributed by atoms with van der Waals surface area (Å²) in [7, 11) is 3.19. The Morgan fingerprint density at radius 3 is 2.58 bits per heavy atom. The molecule has 2 aromatic carbocycles. The smallest absolute Gasteiger partial charge is 0.413 e. The number of ether oxygens (including phenoxy) is 3. The molecule has 1 atom stereocenters. The van der Waals surface area contributed by atoms with Crippen LogP contribution in [0.2, 0.25) is 0 Å². The molecule has 0 aliphatic carbocycles. The first-order chi connectivity index (χ1) is 16.2. The van der Waals surface area contributed by atoms with Crippen LogP contribution in [-0.4, -0.2) is 43.1 Å². The SMILES string of the molecule is COc1cccc(-c2cc(Nc3ccc(NC(=O)O[C@H]4CCCCN4)cc3)ncn2)c1OC. The van der Waals surface area contributed by atoms with Crippen LogP contribution in [0.25, 0.3) is 11.3 Å². The fourth-order valence-electron chi connectivity index (χ4n) is 3.64. The van der Waals surface area contributed by atoms with Gasteiger partial charge in [-0.05, 0) is 62.2 Å². The number of amides is 1. The second kappa shape index (κ2) is 10.6. The lowest BCUT2D eigenvalue weighted by molar-refractivity contribution is 0.0716. The van der Waals surface area contributed by atoms with Crippen molar-refractivity contribution in [3.05, 3.63) is 54.9 Å². The van der Waals surface area contributed by atoms with Crippen molar-refractivity contribution in [2.24, 2.45) is 0 Å². The highest BCUT2D eigenvalue weighted by Crippen LogP contribution is 2.37. The minimum atomic E-state index is -0.470. The van der Waals surface area contributed by atoms with Gasteiger partial charge in [-0.2, -0.15) is 0 Å². The van der Waals surface area contributed by atoms with E-state index in [4.69, 9.17) is 14.2 Å². The van der Waals surface area contributed by atoms with E-state index in [1.165, 1.54) is 6.33 Å². The predicted molar refractivity (Wildman–Crippen MR) is 126 cm³/mol. The van der Waals surface area contributed by atoms with Crippen LogP contribution < -0.4 is 25.4 Å². The molecule has 1 aromatic heterocycles. The minimum Gasteiger partial charge on any atom is -0.493 e. The topological polar surface area (TPSA) is 107 Å². The third kappa shape index (κ3) is 5.69. The quantitative estimate of drug-likeness (QED) is 0.482. The van der Waals surface area contributed by atoms with Crippen molar-refractivity contribution in [3.8, 4) is 22.8 Å². The van der Waals surface area contributed by atoms with Gasteiger partial charge in [0.15, 0.2) is 17.7 Å². The molecular weight excluding hydrogens is 422 g/mol. The normalized spacial score (nSPS) is 15.4. The first kappa shape index (κ1) is 22.3. The van der Waals surface area contributed by atoms with Gasteiger partial charge in [0.2, 0.25) is 0 Å². The molecule has 1 saturated heterocycles. The molecule has 4 rings (SSSR count). The number of aromatic nitrogens is 2. The Hall–Kier alpha value is -3.85. The van der Waals surface area contributed by atoms with Gasteiger partial charge in [-0.15, -0.1) is 0 Å². The van der Waals surface area contributed by atoms with E-state index in [-0.39, 0.29) is 6.23 Å². The van der Waals surface area contributed by atoms with Crippen molar-refractivity contribution >= 4 is 23.3 Å². The third-order valence-electron chi connectivity index (χ3n) is 5.26. The van der Waals surface area contributed by atoms with E-state index in [1.807, 2.05) is 36.4 Å². The van der Waals surface area contributed by atoms with Crippen LogP contribution >= 0.6 is 0 Å². The van der Waals surface area contributed by atoms with Crippen molar-refractivity contribution in [2.45, 2.75) is 25.5 Å². The lowest BCUT2D eigenvalue weighted by atomic mass is 10.1. The average Bonchev–Trinajstić information content (AvgIpc) is 2.85. The zero-order chi connectivity index (χ0) is 23.0. The largest absolute Gasteiger partial charge is 0.493 e. The number of piperidine rings is 1. The Balaban J connectivity index is 1.41. The van der Waals surface area contributed by atoms with E-state index in [1.54, 1.807) is 26.4 Å². The number of nitrogens with zero attached hydrogens (tertiary/aromatic N) is 2. The monoisotopic (exact) mass is 449 g/mol.